The van der Waals surface area contributed by atoms with E-state index in [-0.39, 0.29) is 22.4 Å². The lowest BCUT2D eigenvalue weighted by Crippen LogP contribution is -2.46. The van der Waals surface area contributed by atoms with Crippen LogP contribution in [0.15, 0.2) is 33.7 Å². The fourth-order valence-corrected chi connectivity index (χ4v) is 4.52. The summed E-state index contributed by atoms with van der Waals surface area (Å²) < 4.78 is 37.9. The van der Waals surface area contributed by atoms with E-state index in [0.717, 1.165) is 11.3 Å². The number of nitrogens with one attached hydrogen (secondary N) is 2. The molecule has 2 N–H and O–H groups in total. The van der Waals surface area contributed by atoms with Gasteiger partial charge in [-0.25, -0.2) is 8.42 Å². The first kappa shape index (κ1) is 18.4. The maximum atomic E-state index is 12.5. The molecule has 1 unspecified atom stereocenters. The maximum absolute atomic E-state index is 12.5. The Kier molecular flexibility index (Phi) is 5.01. The number of sulfonamides is 1. The average Bonchev–Trinajstić information content (AvgIpc) is 2.94. The van der Waals surface area contributed by atoms with Crippen LogP contribution in [0.4, 0.5) is 0 Å². The minimum Gasteiger partial charge on any atom is -0.493 e. The molecule has 1 amide bonds. The molecule has 0 bridgehead atoms. The first-order chi connectivity index (χ1) is 12.3. The van der Waals surface area contributed by atoms with Crippen LogP contribution < -0.4 is 14.8 Å². The van der Waals surface area contributed by atoms with Crippen LogP contribution in [0, 0.1) is 13.8 Å². The molecule has 2 heterocycles. The lowest BCUT2D eigenvalue weighted by molar-refractivity contribution is -0.123. The molecule has 1 aromatic carbocycles. The van der Waals surface area contributed by atoms with E-state index >= 15 is 0 Å². The summed E-state index contributed by atoms with van der Waals surface area (Å²) in [5.74, 6) is 0.496. The first-order valence-corrected chi connectivity index (χ1v) is 9.75. The van der Waals surface area contributed by atoms with Crippen molar-refractivity contribution < 1.29 is 22.5 Å². The van der Waals surface area contributed by atoms with E-state index in [2.05, 4.69) is 15.2 Å². The number of carbonyl (C=O) groups is 1. The van der Waals surface area contributed by atoms with E-state index < -0.39 is 22.0 Å². The summed E-state index contributed by atoms with van der Waals surface area (Å²) in [5.41, 5.74) is 1.13. The van der Waals surface area contributed by atoms with Crippen molar-refractivity contribution in [3.63, 3.8) is 0 Å². The van der Waals surface area contributed by atoms with Gasteiger partial charge in [-0.3, -0.25) is 4.79 Å². The lowest BCUT2D eigenvalue weighted by Gasteiger charge is -2.27. The molecular formula is C17H21N3O5S. The van der Waals surface area contributed by atoms with Gasteiger partial charge < -0.3 is 14.6 Å². The van der Waals surface area contributed by atoms with Gasteiger partial charge in [-0.05, 0) is 26.8 Å². The number of rotatable bonds is 5. The molecule has 0 radical (unpaired) electrons. The Morgan fingerprint density at radius 3 is 2.73 bits per heavy atom. The standard InChI is InChI=1S/C17H21N3O5S/c1-10-16(12(3)25-19-10)26(22,23)20-11(2)17(21)18-14-8-9-24-15-7-5-4-6-13(14)15/h4-7,11,14,20H,8-9H2,1-3H3,(H,18,21)/t11-,14?/m0/s1. The van der Waals surface area contributed by atoms with Gasteiger partial charge in [0.05, 0.1) is 18.7 Å². The number of fused-ring (bicyclic) bond motifs is 1. The smallest absolute Gasteiger partial charge is 0.246 e. The third-order valence-electron chi connectivity index (χ3n) is 4.24. The van der Waals surface area contributed by atoms with E-state index in [1.165, 1.54) is 20.8 Å². The van der Waals surface area contributed by atoms with E-state index in [4.69, 9.17) is 9.26 Å². The molecule has 0 saturated heterocycles. The molecule has 1 aromatic heterocycles. The summed E-state index contributed by atoms with van der Waals surface area (Å²) in [7, 11) is -3.92. The van der Waals surface area contributed by atoms with Gasteiger partial charge in [0.15, 0.2) is 5.76 Å². The van der Waals surface area contributed by atoms with Gasteiger partial charge >= 0.3 is 0 Å². The SMILES string of the molecule is Cc1noc(C)c1S(=O)(=O)N[C@@H](C)C(=O)NC1CCOc2ccccc21. The Labute approximate surface area is 152 Å². The summed E-state index contributed by atoms with van der Waals surface area (Å²) in [4.78, 5) is 12.5. The van der Waals surface area contributed by atoms with Crippen LogP contribution in [0.25, 0.3) is 0 Å². The zero-order valence-corrected chi connectivity index (χ0v) is 15.6. The van der Waals surface area contributed by atoms with Gasteiger partial charge in [-0.15, -0.1) is 0 Å². The van der Waals surface area contributed by atoms with Crippen molar-refractivity contribution in [2.75, 3.05) is 6.61 Å². The number of para-hydroxylation sites is 1. The number of hydrogen-bond donors (Lipinski definition) is 2. The summed E-state index contributed by atoms with van der Waals surface area (Å²) in [6.07, 6.45) is 0.617. The van der Waals surface area contributed by atoms with Gasteiger partial charge in [0.25, 0.3) is 0 Å². The molecule has 1 aliphatic heterocycles. The summed E-state index contributed by atoms with van der Waals surface area (Å²) in [5, 5.41) is 6.53. The van der Waals surface area contributed by atoms with Crippen LogP contribution >= 0.6 is 0 Å². The minimum atomic E-state index is -3.92. The minimum absolute atomic E-state index is 0.0337. The molecule has 26 heavy (non-hydrogen) atoms. The van der Waals surface area contributed by atoms with Crippen molar-refractivity contribution in [2.24, 2.45) is 0 Å². The van der Waals surface area contributed by atoms with Crippen molar-refractivity contribution in [3.8, 4) is 5.75 Å². The van der Waals surface area contributed by atoms with Gasteiger partial charge in [0.1, 0.15) is 16.3 Å². The molecular weight excluding hydrogens is 358 g/mol. The van der Waals surface area contributed by atoms with E-state index in [0.29, 0.717) is 13.0 Å². The second kappa shape index (κ2) is 7.08. The highest BCUT2D eigenvalue weighted by molar-refractivity contribution is 7.89. The predicted octanol–water partition coefficient (Wildman–Crippen LogP) is 1.60. The van der Waals surface area contributed by atoms with Crippen molar-refractivity contribution in [3.05, 3.63) is 41.3 Å². The lowest BCUT2D eigenvalue weighted by atomic mass is 10.0. The largest absolute Gasteiger partial charge is 0.493 e. The number of benzene rings is 1. The van der Waals surface area contributed by atoms with E-state index in [1.807, 2.05) is 24.3 Å². The zero-order valence-electron chi connectivity index (χ0n) is 14.8. The topological polar surface area (TPSA) is 111 Å². The number of aromatic nitrogens is 1. The van der Waals surface area contributed by atoms with Crippen molar-refractivity contribution in [2.45, 2.75) is 44.2 Å². The molecule has 0 aliphatic carbocycles. The van der Waals surface area contributed by atoms with Gasteiger partial charge in [-0.2, -0.15) is 4.72 Å². The van der Waals surface area contributed by atoms with Gasteiger partial charge in [0, 0.05) is 12.0 Å². The number of aryl methyl sites for hydroxylation is 2. The summed E-state index contributed by atoms with van der Waals surface area (Å²) in [6, 6.07) is 6.29. The third kappa shape index (κ3) is 3.58. The monoisotopic (exact) mass is 379 g/mol. The van der Waals surface area contributed by atoms with Gasteiger partial charge in [-0.1, -0.05) is 23.4 Å². The Morgan fingerprint density at radius 2 is 2.04 bits per heavy atom. The molecule has 8 nitrogen and oxygen atoms in total. The van der Waals surface area contributed by atoms with Crippen molar-refractivity contribution >= 4 is 15.9 Å². The predicted molar refractivity (Wildman–Crippen MR) is 93.2 cm³/mol. The van der Waals surface area contributed by atoms with Crippen LogP contribution in [0.3, 0.4) is 0 Å². The van der Waals surface area contributed by atoms with Crippen LogP contribution in [0.5, 0.6) is 5.75 Å². The quantitative estimate of drug-likeness (QED) is 0.816. The Balaban J connectivity index is 1.71. The fourth-order valence-electron chi connectivity index (χ4n) is 2.99. The number of hydrogen-bond acceptors (Lipinski definition) is 6. The van der Waals surface area contributed by atoms with Crippen LogP contribution in [-0.2, 0) is 14.8 Å². The highest BCUT2D eigenvalue weighted by Crippen LogP contribution is 2.31. The number of carbonyl (C=O) groups excluding carboxylic acids is 1. The van der Waals surface area contributed by atoms with E-state index in [1.54, 1.807) is 0 Å². The number of amides is 1. The Morgan fingerprint density at radius 1 is 1.31 bits per heavy atom. The fraction of sp³-hybridized carbons (Fsp3) is 0.412. The molecule has 1 aliphatic rings. The number of nitrogens with zero attached hydrogens (tertiary/aromatic N) is 1. The molecule has 9 heteroatoms. The molecule has 0 fully saturated rings. The van der Waals surface area contributed by atoms with Crippen LogP contribution in [0.2, 0.25) is 0 Å². The van der Waals surface area contributed by atoms with Crippen molar-refractivity contribution in [1.29, 1.82) is 0 Å². The van der Waals surface area contributed by atoms with Gasteiger partial charge in [0.2, 0.25) is 15.9 Å². The molecule has 2 atom stereocenters. The highest BCUT2D eigenvalue weighted by Gasteiger charge is 2.30. The van der Waals surface area contributed by atoms with Crippen LogP contribution in [0.1, 0.15) is 36.4 Å². The van der Waals surface area contributed by atoms with Crippen LogP contribution in [-0.4, -0.2) is 32.1 Å². The second-order valence-corrected chi connectivity index (χ2v) is 7.88. The Hall–Kier alpha value is -2.39. The Bertz CT molecular complexity index is 903. The zero-order chi connectivity index (χ0) is 18.9. The second-order valence-electron chi connectivity index (χ2n) is 6.23. The molecule has 0 spiro atoms. The average molecular weight is 379 g/mol. The first-order valence-electron chi connectivity index (χ1n) is 8.27. The van der Waals surface area contributed by atoms with E-state index in [9.17, 15) is 13.2 Å². The van der Waals surface area contributed by atoms with Crippen molar-refractivity contribution in [1.82, 2.24) is 15.2 Å². The summed E-state index contributed by atoms with van der Waals surface area (Å²) >= 11 is 0. The molecule has 2 aromatic rings. The molecule has 0 saturated carbocycles. The number of ether oxygens (including phenoxy) is 1. The maximum Gasteiger partial charge on any atom is 0.246 e. The molecule has 3 rings (SSSR count). The third-order valence-corrected chi connectivity index (χ3v) is 6.02. The summed E-state index contributed by atoms with van der Waals surface area (Å²) in [6.45, 7) is 5.03. The molecule has 140 valence electrons. The normalized spacial score (nSPS) is 17.9. The highest BCUT2D eigenvalue weighted by atomic mass is 32.2.